The summed E-state index contributed by atoms with van der Waals surface area (Å²) in [5.74, 6) is 0.887. The molecule has 0 spiro atoms. The minimum absolute atomic E-state index is 0.104. The van der Waals surface area contributed by atoms with E-state index in [1.165, 1.54) is 19.2 Å². The standard InChI is InChI=1S/C14H23N3O3S/c1-17-7-3-4-11(10-17)9-16-21(18,19)14-6-5-12(20-2)8-13(14)15/h5-6,8,11,16H,3-4,7,9-10,15H2,1-2H3. The first-order valence-electron chi connectivity index (χ1n) is 7.04. The number of piperidine rings is 1. The van der Waals surface area contributed by atoms with E-state index in [-0.39, 0.29) is 10.6 Å². The van der Waals surface area contributed by atoms with E-state index >= 15 is 0 Å². The van der Waals surface area contributed by atoms with Crippen molar-refractivity contribution < 1.29 is 13.2 Å². The van der Waals surface area contributed by atoms with E-state index in [0.29, 0.717) is 18.2 Å². The Labute approximate surface area is 126 Å². The molecule has 1 atom stereocenters. The predicted octanol–water partition coefficient (Wildman–Crippen LogP) is 0.898. The van der Waals surface area contributed by atoms with E-state index in [4.69, 9.17) is 10.5 Å². The van der Waals surface area contributed by atoms with Crippen LogP contribution in [0.5, 0.6) is 5.75 Å². The molecule has 6 nitrogen and oxygen atoms in total. The SMILES string of the molecule is COc1ccc(S(=O)(=O)NCC2CCCN(C)C2)c(N)c1. The van der Waals surface area contributed by atoms with Crippen LogP contribution in [0.15, 0.2) is 23.1 Å². The maximum Gasteiger partial charge on any atom is 0.242 e. The molecule has 1 aromatic rings. The van der Waals surface area contributed by atoms with Crippen molar-refractivity contribution in [1.29, 1.82) is 0 Å². The Balaban J connectivity index is 2.04. The van der Waals surface area contributed by atoms with Crippen molar-refractivity contribution in [2.45, 2.75) is 17.7 Å². The molecule has 1 saturated heterocycles. The van der Waals surface area contributed by atoms with Gasteiger partial charge in [0.2, 0.25) is 10.0 Å². The normalized spacial score (nSPS) is 20.4. The molecule has 1 aromatic carbocycles. The van der Waals surface area contributed by atoms with Gasteiger partial charge in [0.1, 0.15) is 10.6 Å². The van der Waals surface area contributed by atoms with Crippen LogP contribution in [0.3, 0.4) is 0 Å². The smallest absolute Gasteiger partial charge is 0.242 e. The highest BCUT2D eigenvalue weighted by atomic mass is 32.2. The second-order valence-corrected chi connectivity index (χ2v) is 7.26. The average molecular weight is 313 g/mol. The lowest BCUT2D eigenvalue weighted by atomic mass is 9.99. The number of nitrogens with two attached hydrogens (primary N) is 1. The molecule has 118 valence electrons. The lowest BCUT2D eigenvalue weighted by Crippen LogP contribution is -2.39. The molecule has 0 bridgehead atoms. The van der Waals surface area contributed by atoms with Gasteiger partial charge in [-0.2, -0.15) is 0 Å². The fourth-order valence-corrected chi connectivity index (χ4v) is 3.87. The van der Waals surface area contributed by atoms with Crippen LogP contribution in [0.1, 0.15) is 12.8 Å². The topological polar surface area (TPSA) is 84.7 Å². The maximum absolute atomic E-state index is 12.3. The van der Waals surface area contributed by atoms with E-state index in [0.717, 1.165) is 25.9 Å². The second kappa shape index (κ2) is 6.64. The fraction of sp³-hybridized carbons (Fsp3) is 0.571. The largest absolute Gasteiger partial charge is 0.497 e. The Kier molecular flexibility index (Phi) is 5.08. The average Bonchev–Trinajstić information content (AvgIpc) is 2.45. The van der Waals surface area contributed by atoms with E-state index in [9.17, 15) is 8.42 Å². The molecule has 1 aliphatic heterocycles. The molecule has 0 saturated carbocycles. The summed E-state index contributed by atoms with van der Waals surface area (Å²) in [5, 5.41) is 0. The predicted molar refractivity (Wildman–Crippen MR) is 82.8 cm³/mol. The highest BCUT2D eigenvalue weighted by molar-refractivity contribution is 7.89. The second-order valence-electron chi connectivity index (χ2n) is 5.53. The molecule has 1 unspecified atom stereocenters. The summed E-state index contributed by atoms with van der Waals surface area (Å²) in [5.41, 5.74) is 6.00. The molecule has 1 fully saturated rings. The number of ether oxygens (including phenoxy) is 1. The Bertz CT molecular complexity index is 589. The molecule has 7 heteroatoms. The highest BCUT2D eigenvalue weighted by Crippen LogP contribution is 2.24. The first-order valence-corrected chi connectivity index (χ1v) is 8.52. The van der Waals surface area contributed by atoms with Crippen molar-refractivity contribution in [3.8, 4) is 5.75 Å². The fourth-order valence-electron chi connectivity index (χ4n) is 2.64. The third-order valence-corrected chi connectivity index (χ3v) is 5.29. The van der Waals surface area contributed by atoms with Crippen LogP contribution in [0.25, 0.3) is 0 Å². The van der Waals surface area contributed by atoms with Crippen molar-refractivity contribution in [3.63, 3.8) is 0 Å². The van der Waals surface area contributed by atoms with Crippen molar-refractivity contribution in [3.05, 3.63) is 18.2 Å². The lowest BCUT2D eigenvalue weighted by molar-refractivity contribution is 0.211. The molecule has 2 rings (SSSR count). The molecule has 1 aliphatic rings. The van der Waals surface area contributed by atoms with Gasteiger partial charge < -0.3 is 15.4 Å². The summed E-state index contributed by atoms with van der Waals surface area (Å²) < 4.78 is 32.4. The zero-order valence-electron chi connectivity index (χ0n) is 12.5. The van der Waals surface area contributed by atoms with Gasteiger partial charge in [-0.3, -0.25) is 0 Å². The lowest BCUT2D eigenvalue weighted by Gasteiger charge is -2.29. The van der Waals surface area contributed by atoms with Gasteiger partial charge in [-0.1, -0.05) is 0 Å². The number of benzene rings is 1. The molecule has 3 N–H and O–H groups in total. The Morgan fingerprint density at radius 1 is 1.48 bits per heavy atom. The molecule has 0 aromatic heterocycles. The number of sulfonamides is 1. The van der Waals surface area contributed by atoms with Crippen molar-refractivity contribution >= 4 is 15.7 Å². The molecular formula is C14H23N3O3S. The molecule has 21 heavy (non-hydrogen) atoms. The van der Waals surface area contributed by atoms with Crippen LogP contribution in [-0.2, 0) is 10.0 Å². The molecule has 0 aliphatic carbocycles. The quantitative estimate of drug-likeness (QED) is 0.789. The Hall–Kier alpha value is -1.31. The van der Waals surface area contributed by atoms with E-state index in [1.807, 2.05) is 0 Å². The van der Waals surface area contributed by atoms with Crippen LogP contribution in [-0.4, -0.2) is 47.1 Å². The van der Waals surface area contributed by atoms with Gasteiger partial charge in [0.05, 0.1) is 12.8 Å². The Morgan fingerprint density at radius 2 is 2.24 bits per heavy atom. The number of likely N-dealkylation sites (tertiary alicyclic amines) is 1. The number of nitrogens with zero attached hydrogens (tertiary/aromatic N) is 1. The maximum atomic E-state index is 12.3. The number of nitrogen functional groups attached to an aromatic ring is 1. The monoisotopic (exact) mass is 313 g/mol. The van der Waals surface area contributed by atoms with Crippen LogP contribution in [0.2, 0.25) is 0 Å². The molecule has 1 heterocycles. The first-order chi connectivity index (χ1) is 9.92. The van der Waals surface area contributed by atoms with Gasteiger partial charge in [0.25, 0.3) is 0 Å². The number of methoxy groups -OCH3 is 1. The minimum Gasteiger partial charge on any atom is -0.497 e. The van der Waals surface area contributed by atoms with Crippen LogP contribution in [0, 0.1) is 5.92 Å². The van der Waals surface area contributed by atoms with Crippen LogP contribution >= 0.6 is 0 Å². The zero-order valence-corrected chi connectivity index (χ0v) is 13.3. The van der Waals surface area contributed by atoms with Crippen LogP contribution < -0.4 is 15.2 Å². The van der Waals surface area contributed by atoms with Gasteiger partial charge in [0.15, 0.2) is 0 Å². The number of rotatable bonds is 5. The number of anilines is 1. The molecular weight excluding hydrogens is 290 g/mol. The third-order valence-electron chi connectivity index (χ3n) is 3.79. The van der Waals surface area contributed by atoms with Crippen LogP contribution in [0.4, 0.5) is 5.69 Å². The summed E-state index contributed by atoms with van der Waals surface area (Å²) in [6, 6.07) is 4.59. The van der Waals surface area contributed by atoms with Gasteiger partial charge >= 0.3 is 0 Å². The van der Waals surface area contributed by atoms with Crippen molar-refractivity contribution in [2.24, 2.45) is 5.92 Å². The number of nitrogens with one attached hydrogen (secondary N) is 1. The van der Waals surface area contributed by atoms with E-state index < -0.39 is 10.0 Å². The van der Waals surface area contributed by atoms with E-state index in [2.05, 4.69) is 16.7 Å². The molecule has 0 radical (unpaired) electrons. The summed E-state index contributed by atoms with van der Waals surface area (Å²) in [4.78, 5) is 2.33. The molecule has 0 amide bonds. The summed E-state index contributed by atoms with van der Waals surface area (Å²) in [6.07, 6.45) is 2.15. The third kappa shape index (κ3) is 4.09. The van der Waals surface area contributed by atoms with Gasteiger partial charge in [-0.15, -0.1) is 0 Å². The van der Waals surface area contributed by atoms with Crippen molar-refractivity contribution in [2.75, 3.05) is 39.5 Å². The van der Waals surface area contributed by atoms with Gasteiger partial charge in [-0.25, -0.2) is 13.1 Å². The first kappa shape index (κ1) is 16.1. The number of hydrogen-bond acceptors (Lipinski definition) is 5. The summed E-state index contributed by atoms with van der Waals surface area (Å²) in [6.45, 7) is 2.44. The Morgan fingerprint density at radius 3 is 2.86 bits per heavy atom. The van der Waals surface area contributed by atoms with Crippen molar-refractivity contribution in [1.82, 2.24) is 9.62 Å². The van der Waals surface area contributed by atoms with E-state index in [1.54, 1.807) is 6.07 Å². The summed E-state index contributed by atoms with van der Waals surface area (Å²) in [7, 11) is -0.00955. The van der Waals surface area contributed by atoms with Gasteiger partial charge in [0, 0.05) is 19.2 Å². The van der Waals surface area contributed by atoms with Gasteiger partial charge in [-0.05, 0) is 44.5 Å². The zero-order chi connectivity index (χ0) is 15.5. The summed E-state index contributed by atoms with van der Waals surface area (Å²) >= 11 is 0. The number of hydrogen-bond donors (Lipinski definition) is 2. The highest BCUT2D eigenvalue weighted by Gasteiger charge is 2.22. The minimum atomic E-state index is -3.58.